The number of carbonyl (C=O) groups is 1. The second kappa shape index (κ2) is 7.07. The van der Waals surface area contributed by atoms with Crippen LogP contribution in [0.3, 0.4) is 0 Å². The van der Waals surface area contributed by atoms with Gasteiger partial charge in [0.05, 0.1) is 16.4 Å². The number of nitrogens with zero attached hydrogens (tertiary/aromatic N) is 5. The second-order valence-electron chi connectivity index (χ2n) is 6.92. The zero-order valence-electron chi connectivity index (χ0n) is 14.3. The summed E-state index contributed by atoms with van der Waals surface area (Å²) in [4.78, 5) is 17.0. The molecule has 2 aromatic heterocycles. The molecule has 3 heterocycles. The quantitative estimate of drug-likeness (QED) is 0.758. The van der Waals surface area contributed by atoms with Gasteiger partial charge < -0.3 is 4.90 Å². The molecule has 4 rings (SSSR count). The van der Waals surface area contributed by atoms with Crippen LogP contribution >= 0.6 is 11.3 Å². The van der Waals surface area contributed by atoms with Crippen molar-refractivity contribution in [2.45, 2.75) is 50.7 Å². The molecule has 1 aliphatic carbocycles. The highest BCUT2D eigenvalue weighted by Crippen LogP contribution is 2.29. The minimum absolute atomic E-state index is 0.00851. The van der Waals surface area contributed by atoms with Gasteiger partial charge in [0.25, 0.3) is 0 Å². The Balaban J connectivity index is 1.51. The van der Waals surface area contributed by atoms with Crippen LogP contribution in [0.25, 0.3) is 10.7 Å². The molecule has 1 aliphatic heterocycles. The lowest BCUT2D eigenvalue weighted by Gasteiger charge is -2.33. The van der Waals surface area contributed by atoms with E-state index in [1.54, 1.807) is 0 Å². The summed E-state index contributed by atoms with van der Waals surface area (Å²) in [5.74, 6) is 0.622. The van der Waals surface area contributed by atoms with Crippen LogP contribution in [0.15, 0.2) is 17.5 Å². The lowest BCUT2D eigenvalue weighted by atomic mass is 10.1. The molecule has 0 aromatic carbocycles. The number of carbonyl (C=O) groups excluding carboxylic acids is 1. The summed E-state index contributed by atoms with van der Waals surface area (Å²) in [5.41, 5.74) is 0. The van der Waals surface area contributed by atoms with Gasteiger partial charge in [0.15, 0.2) is 9.84 Å². The smallest absolute Gasteiger partial charge is 0.246 e. The van der Waals surface area contributed by atoms with E-state index in [-0.39, 0.29) is 36.0 Å². The van der Waals surface area contributed by atoms with E-state index >= 15 is 0 Å². The van der Waals surface area contributed by atoms with Crippen molar-refractivity contribution in [1.29, 1.82) is 0 Å². The van der Waals surface area contributed by atoms with Gasteiger partial charge in [-0.1, -0.05) is 18.9 Å². The van der Waals surface area contributed by atoms with Crippen LogP contribution in [0.2, 0.25) is 0 Å². The molecule has 140 valence electrons. The van der Waals surface area contributed by atoms with Crippen molar-refractivity contribution >= 4 is 27.1 Å². The number of sulfone groups is 1. The van der Waals surface area contributed by atoms with E-state index in [0.717, 1.165) is 30.6 Å². The maximum absolute atomic E-state index is 13.0. The highest BCUT2D eigenvalue weighted by molar-refractivity contribution is 7.91. The Bertz CT molecular complexity index is 872. The van der Waals surface area contributed by atoms with Gasteiger partial charge in [-0.2, -0.15) is 4.80 Å². The highest BCUT2D eigenvalue weighted by atomic mass is 32.2. The number of hydrogen-bond acceptors (Lipinski definition) is 7. The van der Waals surface area contributed by atoms with Crippen LogP contribution in [0.4, 0.5) is 0 Å². The molecule has 0 spiro atoms. The maximum atomic E-state index is 13.0. The van der Waals surface area contributed by atoms with E-state index < -0.39 is 9.84 Å². The van der Waals surface area contributed by atoms with Gasteiger partial charge in [-0.15, -0.1) is 21.5 Å². The van der Waals surface area contributed by atoms with Gasteiger partial charge >= 0.3 is 0 Å². The van der Waals surface area contributed by atoms with Crippen LogP contribution in [0.1, 0.15) is 32.1 Å². The van der Waals surface area contributed by atoms with Gasteiger partial charge in [0.1, 0.15) is 6.54 Å². The highest BCUT2D eigenvalue weighted by Gasteiger charge is 2.39. The average molecular weight is 396 g/mol. The Labute approximate surface area is 156 Å². The summed E-state index contributed by atoms with van der Waals surface area (Å²) >= 11 is 1.51. The van der Waals surface area contributed by atoms with Crippen molar-refractivity contribution in [3.8, 4) is 10.7 Å². The molecule has 1 amide bonds. The summed E-state index contributed by atoms with van der Waals surface area (Å²) in [6, 6.07) is 3.72. The van der Waals surface area contributed by atoms with E-state index in [1.807, 2.05) is 22.4 Å². The zero-order chi connectivity index (χ0) is 18.1. The summed E-state index contributed by atoms with van der Waals surface area (Å²) in [6.07, 6.45) is 4.56. The summed E-state index contributed by atoms with van der Waals surface area (Å²) in [7, 11) is -3.04. The fraction of sp³-hybridized carbons (Fsp3) is 0.625. The molecular weight excluding hydrogens is 374 g/mol. The molecule has 1 saturated carbocycles. The lowest BCUT2D eigenvalue weighted by Crippen LogP contribution is -2.48. The molecule has 0 bridgehead atoms. The van der Waals surface area contributed by atoms with Crippen LogP contribution < -0.4 is 0 Å². The second-order valence-corrected chi connectivity index (χ2v) is 10.1. The van der Waals surface area contributed by atoms with Crippen molar-refractivity contribution < 1.29 is 13.2 Å². The van der Waals surface area contributed by atoms with Crippen LogP contribution in [0, 0.1) is 0 Å². The number of tetrazole rings is 1. The Kier molecular flexibility index (Phi) is 4.78. The number of hydrogen-bond donors (Lipinski definition) is 0. The van der Waals surface area contributed by atoms with Gasteiger partial charge in [0, 0.05) is 12.1 Å². The van der Waals surface area contributed by atoms with Crippen LogP contribution in [0.5, 0.6) is 0 Å². The normalized spacial score (nSPS) is 22.7. The van der Waals surface area contributed by atoms with Gasteiger partial charge in [-0.3, -0.25) is 4.79 Å². The average Bonchev–Trinajstić information content (AvgIpc) is 3.34. The van der Waals surface area contributed by atoms with Crippen molar-refractivity contribution in [3.63, 3.8) is 0 Å². The lowest BCUT2D eigenvalue weighted by molar-refractivity contribution is -0.136. The Morgan fingerprint density at radius 1 is 1.27 bits per heavy atom. The predicted octanol–water partition coefficient (Wildman–Crippen LogP) is 1.36. The van der Waals surface area contributed by atoms with E-state index in [2.05, 4.69) is 15.4 Å². The molecule has 26 heavy (non-hydrogen) atoms. The predicted molar refractivity (Wildman–Crippen MR) is 97.3 cm³/mol. The first-order chi connectivity index (χ1) is 12.5. The summed E-state index contributed by atoms with van der Waals surface area (Å²) in [5, 5.41) is 14.2. The number of rotatable bonds is 5. The third-order valence-corrected chi connectivity index (χ3v) is 7.70. The van der Waals surface area contributed by atoms with E-state index in [9.17, 15) is 13.2 Å². The van der Waals surface area contributed by atoms with Crippen molar-refractivity contribution in [2.24, 2.45) is 0 Å². The molecule has 8 nitrogen and oxygen atoms in total. The Hall–Kier alpha value is -1.81. The Morgan fingerprint density at radius 2 is 2.08 bits per heavy atom. The van der Waals surface area contributed by atoms with Crippen molar-refractivity contribution in [2.75, 3.05) is 11.5 Å². The number of amides is 1. The zero-order valence-corrected chi connectivity index (χ0v) is 16.0. The molecule has 0 unspecified atom stereocenters. The SMILES string of the molecule is O=C(Cn1nnc(-c2cccs2)n1)N(C1CCCC1)[C@@H]1CCS(=O)(=O)C1. The van der Waals surface area contributed by atoms with Crippen LogP contribution in [-0.2, 0) is 21.2 Å². The van der Waals surface area contributed by atoms with Crippen molar-refractivity contribution in [1.82, 2.24) is 25.1 Å². The van der Waals surface area contributed by atoms with Gasteiger partial charge in [0.2, 0.25) is 11.7 Å². The topological polar surface area (TPSA) is 98.1 Å². The minimum atomic E-state index is -3.04. The standard InChI is InChI=1S/C16H21N5O3S2/c22-15(10-20-18-16(17-19-20)14-6-3-8-25-14)21(12-4-1-2-5-12)13-7-9-26(23,24)11-13/h3,6,8,12-13H,1-2,4-5,7,9-11H2/t13-/m1/s1. The number of thiophene rings is 1. The Morgan fingerprint density at radius 3 is 2.73 bits per heavy atom. The fourth-order valence-corrected chi connectivity index (χ4v) is 6.26. The van der Waals surface area contributed by atoms with Crippen LogP contribution in [-0.4, -0.2) is 63.0 Å². The third-order valence-electron chi connectivity index (χ3n) is 5.08. The molecule has 2 aromatic rings. The largest absolute Gasteiger partial charge is 0.334 e. The first kappa shape index (κ1) is 17.6. The van der Waals surface area contributed by atoms with E-state index in [1.165, 1.54) is 16.1 Å². The third kappa shape index (κ3) is 3.66. The van der Waals surface area contributed by atoms with E-state index in [4.69, 9.17) is 0 Å². The molecule has 10 heteroatoms. The molecule has 1 saturated heterocycles. The molecule has 0 N–H and O–H groups in total. The molecule has 2 fully saturated rings. The molecule has 2 aliphatic rings. The summed E-state index contributed by atoms with van der Waals surface area (Å²) < 4.78 is 23.8. The first-order valence-electron chi connectivity index (χ1n) is 8.85. The molecular formula is C16H21N5O3S2. The monoisotopic (exact) mass is 395 g/mol. The fourth-order valence-electron chi connectivity index (χ4n) is 3.90. The summed E-state index contributed by atoms with van der Waals surface area (Å²) in [6.45, 7) is -0.00851. The molecule has 0 radical (unpaired) electrons. The minimum Gasteiger partial charge on any atom is -0.334 e. The first-order valence-corrected chi connectivity index (χ1v) is 11.6. The van der Waals surface area contributed by atoms with Gasteiger partial charge in [-0.25, -0.2) is 8.42 Å². The molecule has 1 atom stereocenters. The van der Waals surface area contributed by atoms with Gasteiger partial charge in [-0.05, 0) is 35.9 Å². The van der Waals surface area contributed by atoms with Crippen molar-refractivity contribution in [3.05, 3.63) is 17.5 Å². The maximum Gasteiger partial charge on any atom is 0.246 e. The number of aromatic nitrogens is 4. The van der Waals surface area contributed by atoms with E-state index in [0.29, 0.717) is 12.2 Å².